The molecule has 0 spiro atoms. The molecule has 0 bridgehead atoms. The van der Waals surface area contributed by atoms with Gasteiger partial charge in [0.05, 0.1) is 19.8 Å². The van der Waals surface area contributed by atoms with Crippen molar-refractivity contribution in [3.63, 3.8) is 0 Å². The first-order valence-electron chi connectivity index (χ1n) is 6.31. The molecule has 0 saturated carbocycles. The van der Waals surface area contributed by atoms with Crippen molar-refractivity contribution in [2.24, 2.45) is 0 Å². The predicted molar refractivity (Wildman–Crippen MR) is 68.8 cm³/mol. The molecule has 98 valence electrons. The van der Waals surface area contributed by atoms with E-state index in [1.807, 2.05) is 12.1 Å². The average Bonchev–Trinajstić information content (AvgIpc) is 2.79. The number of hydrogen-bond acceptors (Lipinski definition) is 4. The van der Waals surface area contributed by atoms with E-state index in [1.165, 1.54) is 5.56 Å². The van der Waals surface area contributed by atoms with Crippen LogP contribution in [0.4, 0.5) is 0 Å². The van der Waals surface area contributed by atoms with Crippen LogP contribution in [0, 0.1) is 0 Å². The Hall–Kier alpha value is -1.42. The molecule has 3 rings (SSSR count). The van der Waals surface area contributed by atoms with Gasteiger partial charge in [0, 0.05) is 23.6 Å². The van der Waals surface area contributed by atoms with Crippen LogP contribution in [0.25, 0.3) is 0 Å². The van der Waals surface area contributed by atoms with Crippen LogP contribution in [0.1, 0.15) is 24.8 Å². The van der Waals surface area contributed by atoms with Gasteiger partial charge in [0.2, 0.25) is 0 Å². The summed E-state index contributed by atoms with van der Waals surface area (Å²) in [6, 6.07) is 3.89. The molecule has 1 aromatic carbocycles. The molecule has 4 nitrogen and oxygen atoms in total. The van der Waals surface area contributed by atoms with Gasteiger partial charge >= 0.3 is 0 Å². The minimum absolute atomic E-state index is 0.0227. The summed E-state index contributed by atoms with van der Waals surface area (Å²) in [5.74, 6) is 2.99. The Morgan fingerprint density at radius 2 is 2.17 bits per heavy atom. The first kappa shape index (κ1) is 11.7. The number of benzene rings is 1. The van der Waals surface area contributed by atoms with Gasteiger partial charge < -0.3 is 19.5 Å². The molecule has 1 saturated heterocycles. The van der Waals surface area contributed by atoms with Crippen molar-refractivity contribution in [2.75, 3.05) is 27.4 Å². The van der Waals surface area contributed by atoms with E-state index in [0.29, 0.717) is 12.5 Å². The highest BCUT2D eigenvalue weighted by atomic mass is 16.5. The number of methoxy groups -OCH3 is 2. The topological polar surface area (TPSA) is 39.7 Å². The molecule has 18 heavy (non-hydrogen) atoms. The van der Waals surface area contributed by atoms with Crippen molar-refractivity contribution >= 4 is 0 Å². The number of ether oxygens (including phenoxy) is 3. The van der Waals surface area contributed by atoms with Crippen LogP contribution in [0.5, 0.6) is 17.2 Å². The summed E-state index contributed by atoms with van der Waals surface area (Å²) in [5.41, 5.74) is 1.20. The summed E-state index contributed by atoms with van der Waals surface area (Å²) >= 11 is 0. The lowest BCUT2D eigenvalue weighted by molar-refractivity contribution is 0.167. The van der Waals surface area contributed by atoms with Gasteiger partial charge in [0.15, 0.2) is 0 Å². The van der Waals surface area contributed by atoms with Gasteiger partial charge in [-0.2, -0.15) is 0 Å². The molecule has 0 radical (unpaired) electrons. The normalized spacial score (nSPS) is 29.2. The second-order valence-corrected chi connectivity index (χ2v) is 5.22. The molecule has 0 unspecified atom stereocenters. The minimum atomic E-state index is 0.0227. The Labute approximate surface area is 107 Å². The molecule has 0 amide bonds. The molecule has 2 heterocycles. The predicted octanol–water partition coefficient (Wildman–Crippen LogP) is 1.93. The second kappa shape index (κ2) is 4.05. The molecule has 2 atom stereocenters. The summed E-state index contributed by atoms with van der Waals surface area (Å²) in [6.07, 6.45) is 1.12. The summed E-state index contributed by atoms with van der Waals surface area (Å²) in [6.45, 7) is 3.94. The summed E-state index contributed by atoms with van der Waals surface area (Å²) in [5, 5.41) is 3.54. The van der Waals surface area contributed by atoms with E-state index in [1.54, 1.807) is 14.2 Å². The van der Waals surface area contributed by atoms with Crippen molar-refractivity contribution in [2.45, 2.75) is 24.8 Å². The third kappa shape index (κ3) is 1.56. The van der Waals surface area contributed by atoms with Gasteiger partial charge in [-0.3, -0.25) is 0 Å². The Morgan fingerprint density at radius 3 is 2.89 bits per heavy atom. The maximum Gasteiger partial charge on any atom is 0.130 e. The zero-order valence-corrected chi connectivity index (χ0v) is 11.1. The standard InChI is InChI=1S/C14H19NO3/c1-14-8-18-12-7-9(16-2)6-11(17-3)13(12)10(14)4-5-15-14/h6-7,10,15H,4-5,8H2,1-3H3/t10-,14+/m0/s1. The Balaban J connectivity index is 2.13. The molecule has 2 aliphatic heterocycles. The maximum absolute atomic E-state index is 5.90. The van der Waals surface area contributed by atoms with Crippen LogP contribution in [0.2, 0.25) is 0 Å². The fraction of sp³-hybridized carbons (Fsp3) is 0.571. The van der Waals surface area contributed by atoms with E-state index in [4.69, 9.17) is 14.2 Å². The molecule has 2 aliphatic rings. The Kier molecular flexibility index (Phi) is 2.63. The van der Waals surface area contributed by atoms with Crippen LogP contribution in [-0.2, 0) is 0 Å². The van der Waals surface area contributed by atoms with Gasteiger partial charge in [-0.15, -0.1) is 0 Å². The van der Waals surface area contributed by atoms with E-state index < -0.39 is 0 Å². The molecule has 0 aromatic heterocycles. The molecule has 0 aliphatic carbocycles. The van der Waals surface area contributed by atoms with E-state index in [2.05, 4.69) is 12.2 Å². The molecule has 1 fully saturated rings. The van der Waals surface area contributed by atoms with Gasteiger partial charge in [0.1, 0.15) is 23.9 Å². The fourth-order valence-corrected chi connectivity index (χ4v) is 3.11. The molecular weight excluding hydrogens is 230 g/mol. The average molecular weight is 249 g/mol. The van der Waals surface area contributed by atoms with Gasteiger partial charge in [0.25, 0.3) is 0 Å². The highest BCUT2D eigenvalue weighted by molar-refractivity contribution is 5.55. The van der Waals surface area contributed by atoms with Gasteiger partial charge in [-0.05, 0) is 19.9 Å². The summed E-state index contributed by atoms with van der Waals surface area (Å²) in [7, 11) is 3.36. The highest BCUT2D eigenvalue weighted by Gasteiger charge is 2.46. The van der Waals surface area contributed by atoms with Crippen LogP contribution in [0.3, 0.4) is 0 Å². The van der Waals surface area contributed by atoms with Crippen molar-refractivity contribution in [3.8, 4) is 17.2 Å². The second-order valence-electron chi connectivity index (χ2n) is 5.22. The minimum Gasteiger partial charge on any atom is -0.496 e. The van der Waals surface area contributed by atoms with E-state index >= 15 is 0 Å². The van der Waals surface area contributed by atoms with Crippen molar-refractivity contribution in [1.29, 1.82) is 0 Å². The lowest BCUT2D eigenvalue weighted by Crippen LogP contribution is -2.48. The van der Waals surface area contributed by atoms with E-state index in [0.717, 1.165) is 30.2 Å². The van der Waals surface area contributed by atoms with E-state index in [-0.39, 0.29) is 5.54 Å². The molecule has 1 aromatic rings. The zero-order valence-electron chi connectivity index (χ0n) is 11.1. The number of nitrogens with one attached hydrogen (secondary N) is 1. The lowest BCUT2D eigenvalue weighted by atomic mass is 9.79. The maximum atomic E-state index is 5.90. The largest absolute Gasteiger partial charge is 0.496 e. The SMILES string of the molecule is COc1cc(OC)c2c(c1)OC[C@@]1(C)NCC[C@@H]21. The fourth-order valence-electron chi connectivity index (χ4n) is 3.11. The third-order valence-electron chi connectivity index (χ3n) is 4.14. The van der Waals surface area contributed by atoms with E-state index in [9.17, 15) is 0 Å². The van der Waals surface area contributed by atoms with Gasteiger partial charge in [-0.25, -0.2) is 0 Å². The molecular formula is C14H19NO3. The summed E-state index contributed by atoms with van der Waals surface area (Å²) < 4.78 is 16.7. The Morgan fingerprint density at radius 1 is 1.33 bits per heavy atom. The highest BCUT2D eigenvalue weighted by Crippen LogP contribution is 2.49. The first-order chi connectivity index (χ1) is 8.68. The molecule has 4 heteroatoms. The quantitative estimate of drug-likeness (QED) is 0.869. The summed E-state index contributed by atoms with van der Waals surface area (Å²) in [4.78, 5) is 0. The van der Waals surface area contributed by atoms with Crippen molar-refractivity contribution in [3.05, 3.63) is 17.7 Å². The van der Waals surface area contributed by atoms with Crippen LogP contribution in [-0.4, -0.2) is 32.9 Å². The number of hydrogen-bond donors (Lipinski definition) is 1. The van der Waals surface area contributed by atoms with Gasteiger partial charge in [-0.1, -0.05) is 0 Å². The van der Waals surface area contributed by atoms with Crippen molar-refractivity contribution < 1.29 is 14.2 Å². The van der Waals surface area contributed by atoms with Crippen LogP contribution >= 0.6 is 0 Å². The van der Waals surface area contributed by atoms with Crippen molar-refractivity contribution in [1.82, 2.24) is 5.32 Å². The number of rotatable bonds is 2. The van der Waals surface area contributed by atoms with Crippen LogP contribution in [0.15, 0.2) is 12.1 Å². The monoisotopic (exact) mass is 249 g/mol. The van der Waals surface area contributed by atoms with Crippen LogP contribution < -0.4 is 19.5 Å². The third-order valence-corrected chi connectivity index (χ3v) is 4.14. The molecule has 1 N–H and O–H groups in total. The zero-order chi connectivity index (χ0) is 12.8. The first-order valence-corrected chi connectivity index (χ1v) is 6.31. The Bertz CT molecular complexity index is 457. The smallest absolute Gasteiger partial charge is 0.130 e. The number of fused-ring (bicyclic) bond motifs is 3. The lowest BCUT2D eigenvalue weighted by Gasteiger charge is -2.38.